The predicted octanol–water partition coefficient (Wildman–Crippen LogP) is 1.42. The van der Waals surface area contributed by atoms with Crippen LogP contribution in [0.3, 0.4) is 0 Å². The van der Waals surface area contributed by atoms with Crippen molar-refractivity contribution in [2.45, 2.75) is 20.0 Å². The third-order valence-electron chi connectivity index (χ3n) is 1.34. The second-order valence-electron chi connectivity index (χ2n) is 2.75. The third kappa shape index (κ3) is 4.54. The standard InChI is InChI=1S/C8H10F2O4/c1-4(2)3-5(6(11)12)7(13)14-8(9)10/h5,8H,1,3H2,2H3,(H,11,12). The molecule has 14 heavy (non-hydrogen) atoms. The molecule has 1 unspecified atom stereocenters. The Bertz CT molecular complexity index is 250. The van der Waals surface area contributed by atoms with Gasteiger partial charge in [-0.2, -0.15) is 8.78 Å². The number of hydrogen-bond donors (Lipinski definition) is 1. The molecule has 0 aromatic heterocycles. The molecule has 1 atom stereocenters. The van der Waals surface area contributed by atoms with Crippen molar-refractivity contribution in [3.8, 4) is 0 Å². The molecular formula is C8H10F2O4. The molecular weight excluding hydrogens is 198 g/mol. The smallest absolute Gasteiger partial charge is 0.389 e. The van der Waals surface area contributed by atoms with Gasteiger partial charge in [-0.25, -0.2) is 0 Å². The van der Waals surface area contributed by atoms with Crippen LogP contribution < -0.4 is 0 Å². The maximum Gasteiger partial charge on any atom is 0.389 e. The van der Waals surface area contributed by atoms with Crippen LogP contribution in [-0.2, 0) is 14.3 Å². The molecule has 0 heterocycles. The van der Waals surface area contributed by atoms with Gasteiger partial charge in [0.2, 0.25) is 0 Å². The summed E-state index contributed by atoms with van der Waals surface area (Å²) < 4.78 is 26.7. The van der Waals surface area contributed by atoms with E-state index in [-0.39, 0.29) is 6.42 Å². The zero-order valence-corrected chi connectivity index (χ0v) is 7.50. The van der Waals surface area contributed by atoms with Gasteiger partial charge in [-0.05, 0) is 13.3 Å². The minimum Gasteiger partial charge on any atom is -0.481 e. The van der Waals surface area contributed by atoms with E-state index < -0.39 is 24.5 Å². The lowest BCUT2D eigenvalue weighted by Gasteiger charge is -2.10. The summed E-state index contributed by atoms with van der Waals surface area (Å²) in [5, 5.41) is 8.52. The number of hydrogen-bond acceptors (Lipinski definition) is 3. The number of rotatable bonds is 5. The number of esters is 1. The van der Waals surface area contributed by atoms with Crippen molar-refractivity contribution in [3.63, 3.8) is 0 Å². The Morgan fingerprint density at radius 3 is 2.29 bits per heavy atom. The average molecular weight is 208 g/mol. The molecule has 0 bridgehead atoms. The molecule has 0 spiro atoms. The highest BCUT2D eigenvalue weighted by Crippen LogP contribution is 2.13. The maximum atomic E-state index is 11.6. The number of carbonyl (C=O) groups is 2. The van der Waals surface area contributed by atoms with E-state index in [0.717, 1.165) is 0 Å². The van der Waals surface area contributed by atoms with Crippen molar-refractivity contribution in [2.24, 2.45) is 5.92 Å². The molecule has 80 valence electrons. The van der Waals surface area contributed by atoms with E-state index in [9.17, 15) is 18.4 Å². The summed E-state index contributed by atoms with van der Waals surface area (Å²) in [5.74, 6) is -4.56. The van der Waals surface area contributed by atoms with Crippen LogP contribution in [0.4, 0.5) is 8.78 Å². The maximum absolute atomic E-state index is 11.6. The van der Waals surface area contributed by atoms with Gasteiger partial charge in [-0.1, -0.05) is 5.57 Å². The summed E-state index contributed by atoms with van der Waals surface area (Å²) >= 11 is 0. The summed E-state index contributed by atoms with van der Waals surface area (Å²) in [7, 11) is 0. The summed E-state index contributed by atoms with van der Waals surface area (Å²) in [4.78, 5) is 21.3. The van der Waals surface area contributed by atoms with Gasteiger partial charge >= 0.3 is 18.6 Å². The highest BCUT2D eigenvalue weighted by Gasteiger charge is 2.29. The molecule has 0 radical (unpaired) electrons. The Kier molecular flexibility index (Phi) is 4.76. The number of aliphatic carboxylic acids is 1. The van der Waals surface area contributed by atoms with Crippen molar-refractivity contribution in [2.75, 3.05) is 0 Å². The number of carboxylic acid groups (broad SMARTS) is 1. The molecule has 1 N–H and O–H groups in total. The van der Waals surface area contributed by atoms with Crippen LogP contribution in [0, 0.1) is 5.92 Å². The Hall–Kier alpha value is -1.46. The summed E-state index contributed by atoms with van der Waals surface area (Å²) in [6.07, 6.45) is -0.207. The van der Waals surface area contributed by atoms with E-state index in [1.807, 2.05) is 0 Å². The molecule has 0 aliphatic heterocycles. The van der Waals surface area contributed by atoms with Gasteiger partial charge < -0.3 is 9.84 Å². The van der Waals surface area contributed by atoms with Crippen molar-refractivity contribution < 1.29 is 28.2 Å². The van der Waals surface area contributed by atoms with Crippen molar-refractivity contribution in [3.05, 3.63) is 12.2 Å². The van der Waals surface area contributed by atoms with Crippen LogP contribution in [0.5, 0.6) is 0 Å². The summed E-state index contributed by atoms with van der Waals surface area (Å²) in [6, 6.07) is 0. The predicted molar refractivity (Wildman–Crippen MR) is 42.7 cm³/mol. The lowest BCUT2D eigenvalue weighted by Crippen LogP contribution is -2.27. The highest BCUT2D eigenvalue weighted by atomic mass is 19.3. The van der Waals surface area contributed by atoms with Gasteiger partial charge in [-0.3, -0.25) is 9.59 Å². The van der Waals surface area contributed by atoms with Crippen LogP contribution in [0.25, 0.3) is 0 Å². The molecule has 4 nitrogen and oxygen atoms in total. The average Bonchev–Trinajstić information content (AvgIpc) is 1.97. The Labute approximate surface area is 79.2 Å². The number of ether oxygens (including phenoxy) is 1. The first-order valence-corrected chi connectivity index (χ1v) is 3.70. The van der Waals surface area contributed by atoms with Gasteiger partial charge in [0.05, 0.1) is 0 Å². The van der Waals surface area contributed by atoms with Crippen LogP contribution in [0.1, 0.15) is 13.3 Å². The van der Waals surface area contributed by atoms with Crippen molar-refractivity contribution in [1.82, 2.24) is 0 Å². The molecule has 0 aromatic rings. The van der Waals surface area contributed by atoms with E-state index in [2.05, 4.69) is 11.3 Å². The summed E-state index contributed by atoms with van der Waals surface area (Å²) in [5.41, 5.74) is 0.406. The molecule has 6 heteroatoms. The van der Waals surface area contributed by atoms with Crippen molar-refractivity contribution in [1.29, 1.82) is 0 Å². The third-order valence-corrected chi connectivity index (χ3v) is 1.34. The molecule has 0 saturated heterocycles. The first-order valence-electron chi connectivity index (χ1n) is 3.70. The minimum atomic E-state index is -3.30. The highest BCUT2D eigenvalue weighted by molar-refractivity contribution is 5.94. The van der Waals surface area contributed by atoms with Gasteiger partial charge in [0.25, 0.3) is 0 Å². The quantitative estimate of drug-likeness (QED) is 0.421. The normalized spacial score (nSPS) is 12.3. The van der Waals surface area contributed by atoms with E-state index in [4.69, 9.17) is 5.11 Å². The van der Waals surface area contributed by atoms with Gasteiger partial charge in [0.15, 0.2) is 5.92 Å². The molecule has 0 aliphatic rings. The fourth-order valence-corrected chi connectivity index (χ4v) is 0.790. The first-order chi connectivity index (χ1) is 6.34. The molecule has 0 aliphatic carbocycles. The SMILES string of the molecule is C=C(C)CC(C(=O)O)C(=O)OC(F)F. The largest absolute Gasteiger partial charge is 0.481 e. The lowest BCUT2D eigenvalue weighted by molar-refractivity contribution is -0.184. The van der Waals surface area contributed by atoms with Crippen molar-refractivity contribution >= 4 is 11.9 Å². The van der Waals surface area contributed by atoms with E-state index in [1.165, 1.54) is 6.92 Å². The Morgan fingerprint density at radius 1 is 1.50 bits per heavy atom. The summed E-state index contributed by atoms with van der Waals surface area (Å²) in [6.45, 7) is 1.58. The van der Waals surface area contributed by atoms with Crippen LogP contribution >= 0.6 is 0 Å². The first kappa shape index (κ1) is 12.5. The Morgan fingerprint density at radius 2 is 2.00 bits per heavy atom. The molecule has 0 rings (SSSR count). The monoisotopic (exact) mass is 208 g/mol. The lowest BCUT2D eigenvalue weighted by atomic mass is 10.0. The van der Waals surface area contributed by atoms with E-state index in [1.54, 1.807) is 0 Å². The van der Waals surface area contributed by atoms with E-state index in [0.29, 0.717) is 5.57 Å². The molecule has 0 aromatic carbocycles. The van der Waals surface area contributed by atoms with Gasteiger partial charge in [0.1, 0.15) is 0 Å². The minimum absolute atomic E-state index is 0.207. The van der Waals surface area contributed by atoms with Crippen LogP contribution in [0.15, 0.2) is 12.2 Å². The van der Waals surface area contributed by atoms with Crippen LogP contribution in [0.2, 0.25) is 0 Å². The fourth-order valence-electron chi connectivity index (χ4n) is 0.790. The topological polar surface area (TPSA) is 63.6 Å². The number of halogens is 2. The second kappa shape index (κ2) is 5.31. The number of carbonyl (C=O) groups excluding carboxylic acids is 1. The van der Waals surface area contributed by atoms with E-state index >= 15 is 0 Å². The number of allylic oxidation sites excluding steroid dienone is 1. The number of alkyl halides is 2. The molecule has 0 amide bonds. The number of carboxylic acids is 1. The fraction of sp³-hybridized carbons (Fsp3) is 0.500. The zero-order valence-electron chi connectivity index (χ0n) is 7.50. The zero-order chi connectivity index (χ0) is 11.3. The van der Waals surface area contributed by atoms with Gasteiger partial charge in [-0.15, -0.1) is 6.58 Å². The van der Waals surface area contributed by atoms with Crippen LogP contribution in [-0.4, -0.2) is 23.7 Å². The molecule has 0 saturated carbocycles. The molecule has 0 fully saturated rings. The Balaban J connectivity index is 4.41. The van der Waals surface area contributed by atoms with Gasteiger partial charge in [0, 0.05) is 0 Å². The second-order valence-corrected chi connectivity index (χ2v) is 2.75.